The minimum atomic E-state index is -0.851. The molecule has 1 fully saturated rings. The van der Waals surface area contributed by atoms with Crippen molar-refractivity contribution >= 4 is 11.8 Å². The first kappa shape index (κ1) is 13.0. The van der Waals surface area contributed by atoms with Gasteiger partial charge in [-0.25, -0.2) is 0 Å². The van der Waals surface area contributed by atoms with Crippen LogP contribution in [0.15, 0.2) is 0 Å². The first-order valence-electron chi connectivity index (χ1n) is 5.76. The van der Waals surface area contributed by atoms with E-state index >= 15 is 0 Å². The molecule has 0 aromatic carbocycles. The Hall–Kier alpha value is -1.10. The summed E-state index contributed by atoms with van der Waals surface area (Å²) in [7, 11) is 0. The van der Waals surface area contributed by atoms with Crippen LogP contribution in [0.2, 0.25) is 0 Å². The van der Waals surface area contributed by atoms with E-state index in [2.05, 4.69) is 10.6 Å². The minimum absolute atomic E-state index is 0.0729. The molecule has 16 heavy (non-hydrogen) atoms. The highest BCUT2D eigenvalue weighted by Crippen LogP contribution is 2.18. The monoisotopic (exact) mass is 227 g/mol. The summed E-state index contributed by atoms with van der Waals surface area (Å²) in [4.78, 5) is 22.6. The zero-order valence-electron chi connectivity index (χ0n) is 10.0. The predicted octanol–water partition coefficient (Wildman–Crippen LogP) is -0.101. The van der Waals surface area contributed by atoms with Gasteiger partial charge in [0.15, 0.2) is 0 Å². The SMILES string of the molecule is CC(C)(N)C(=O)NCCCC(=O)NC1CC1. The summed E-state index contributed by atoms with van der Waals surface area (Å²) < 4.78 is 0. The van der Waals surface area contributed by atoms with Crippen LogP contribution in [0.3, 0.4) is 0 Å². The lowest BCUT2D eigenvalue weighted by Gasteiger charge is -2.17. The van der Waals surface area contributed by atoms with Crippen LogP contribution in [0.25, 0.3) is 0 Å². The molecule has 0 radical (unpaired) electrons. The molecule has 1 rings (SSSR count). The molecule has 0 aromatic rings. The van der Waals surface area contributed by atoms with E-state index in [-0.39, 0.29) is 11.8 Å². The van der Waals surface area contributed by atoms with Gasteiger partial charge in [-0.2, -0.15) is 0 Å². The maximum atomic E-state index is 11.4. The van der Waals surface area contributed by atoms with Gasteiger partial charge in [0.2, 0.25) is 11.8 Å². The highest BCUT2D eigenvalue weighted by atomic mass is 16.2. The van der Waals surface area contributed by atoms with Gasteiger partial charge < -0.3 is 16.4 Å². The smallest absolute Gasteiger partial charge is 0.239 e. The number of carbonyl (C=O) groups is 2. The fourth-order valence-corrected chi connectivity index (χ4v) is 1.21. The second-order valence-corrected chi connectivity index (χ2v) is 4.92. The average molecular weight is 227 g/mol. The number of amides is 2. The number of hydrogen-bond acceptors (Lipinski definition) is 3. The lowest BCUT2D eigenvalue weighted by Crippen LogP contribution is -2.49. The third-order valence-electron chi connectivity index (χ3n) is 2.39. The van der Waals surface area contributed by atoms with Gasteiger partial charge in [0.25, 0.3) is 0 Å². The average Bonchev–Trinajstić information content (AvgIpc) is 2.94. The van der Waals surface area contributed by atoms with Gasteiger partial charge in [0, 0.05) is 19.0 Å². The molecule has 5 nitrogen and oxygen atoms in total. The first-order chi connectivity index (χ1) is 7.39. The molecule has 1 saturated carbocycles. The Labute approximate surface area is 96.1 Å². The molecule has 2 amide bonds. The maximum Gasteiger partial charge on any atom is 0.239 e. The fraction of sp³-hybridized carbons (Fsp3) is 0.818. The summed E-state index contributed by atoms with van der Waals surface area (Å²) >= 11 is 0. The molecule has 0 aliphatic heterocycles. The van der Waals surface area contributed by atoms with Gasteiger partial charge in [-0.1, -0.05) is 0 Å². The van der Waals surface area contributed by atoms with Crippen LogP contribution < -0.4 is 16.4 Å². The molecule has 92 valence electrons. The lowest BCUT2D eigenvalue weighted by molar-refractivity contribution is -0.125. The second kappa shape index (κ2) is 5.30. The molecule has 5 heteroatoms. The van der Waals surface area contributed by atoms with Gasteiger partial charge in [0.05, 0.1) is 5.54 Å². The van der Waals surface area contributed by atoms with E-state index in [4.69, 9.17) is 5.73 Å². The van der Waals surface area contributed by atoms with Crippen molar-refractivity contribution in [2.75, 3.05) is 6.54 Å². The summed E-state index contributed by atoms with van der Waals surface area (Å²) in [5.74, 6) is -0.112. The Kier molecular flexibility index (Phi) is 4.29. The van der Waals surface area contributed by atoms with Gasteiger partial charge in [-0.15, -0.1) is 0 Å². The van der Waals surface area contributed by atoms with Crippen LogP contribution >= 0.6 is 0 Å². The molecular weight excluding hydrogens is 206 g/mol. The Bertz CT molecular complexity index is 267. The molecule has 1 aliphatic rings. The highest BCUT2D eigenvalue weighted by Gasteiger charge is 2.23. The zero-order valence-corrected chi connectivity index (χ0v) is 10.0. The van der Waals surface area contributed by atoms with E-state index in [1.54, 1.807) is 13.8 Å². The summed E-state index contributed by atoms with van der Waals surface area (Å²) in [6.07, 6.45) is 3.32. The van der Waals surface area contributed by atoms with E-state index in [9.17, 15) is 9.59 Å². The van der Waals surface area contributed by atoms with Crippen LogP contribution in [0.4, 0.5) is 0 Å². The second-order valence-electron chi connectivity index (χ2n) is 4.92. The quantitative estimate of drug-likeness (QED) is 0.554. The van der Waals surface area contributed by atoms with Crippen LogP contribution in [0.1, 0.15) is 39.5 Å². The van der Waals surface area contributed by atoms with Crippen LogP contribution in [0.5, 0.6) is 0 Å². The molecule has 4 N–H and O–H groups in total. The van der Waals surface area contributed by atoms with Gasteiger partial charge in [-0.05, 0) is 33.1 Å². The molecule has 0 bridgehead atoms. The normalized spacial score (nSPS) is 15.7. The Morgan fingerprint density at radius 1 is 1.38 bits per heavy atom. The Balaban J connectivity index is 2.02. The molecular formula is C11H21N3O2. The van der Waals surface area contributed by atoms with Crippen LogP contribution in [0, 0.1) is 0 Å². The maximum absolute atomic E-state index is 11.4. The van der Waals surface area contributed by atoms with E-state index in [1.165, 1.54) is 0 Å². The molecule has 1 aliphatic carbocycles. The van der Waals surface area contributed by atoms with Crippen molar-refractivity contribution in [2.45, 2.75) is 51.1 Å². The van der Waals surface area contributed by atoms with Gasteiger partial charge in [-0.3, -0.25) is 9.59 Å². The van der Waals surface area contributed by atoms with Crippen molar-refractivity contribution in [1.82, 2.24) is 10.6 Å². The van der Waals surface area contributed by atoms with E-state index in [0.717, 1.165) is 12.8 Å². The van der Waals surface area contributed by atoms with Gasteiger partial charge >= 0.3 is 0 Å². The van der Waals surface area contributed by atoms with E-state index in [1.807, 2.05) is 0 Å². The van der Waals surface area contributed by atoms with Crippen molar-refractivity contribution in [3.63, 3.8) is 0 Å². The standard InChI is InChI=1S/C11H21N3O2/c1-11(2,12)10(16)13-7-3-4-9(15)14-8-5-6-8/h8H,3-7,12H2,1-2H3,(H,13,16)(H,14,15). The van der Waals surface area contributed by atoms with Crippen LogP contribution in [-0.4, -0.2) is 29.9 Å². The third kappa shape index (κ3) is 5.11. The Morgan fingerprint density at radius 3 is 2.50 bits per heavy atom. The summed E-state index contributed by atoms with van der Waals surface area (Å²) in [6.45, 7) is 3.81. The van der Waals surface area contributed by atoms with Gasteiger partial charge in [0.1, 0.15) is 0 Å². The molecule has 0 heterocycles. The number of rotatable bonds is 6. The summed E-state index contributed by atoms with van der Waals surface area (Å²) in [6, 6.07) is 0.407. The third-order valence-corrected chi connectivity index (χ3v) is 2.39. The fourth-order valence-electron chi connectivity index (χ4n) is 1.21. The lowest BCUT2D eigenvalue weighted by atomic mass is 10.1. The zero-order chi connectivity index (χ0) is 12.2. The molecule has 0 atom stereocenters. The van der Waals surface area contributed by atoms with Crippen molar-refractivity contribution in [1.29, 1.82) is 0 Å². The summed E-state index contributed by atoms with van der Waals surface area (Å²) in [5, 5.41) is 5.60. The number of nitrogens with two attached hydrogens (primary N) is 1. The predicted molar refractivity (Wildman–Crippen MR) is 61.7 cm³/mol. The molecule has 0 spiro atoms. The Morgan fingerprint density at radius 2 is 2.00 bits per heavy atom. The molecule has 0 saturated heterocycles. The van der Waals surface area contributed by atoms with Crippen molar-refractivity contribution in [3.05, 3.63) is 0 Å². The largest absolute Gasteiger partial charge is 0.355 e. The van der Waals surface area contributed by atoms with Crippen molar-refractivity contribution in [3.8, 4) is 0 Å². The van der Waals surface area contributed by atoms with Crippen molar-refractivity contribution < 1.29 is 9.59 Å². The van der Waals surface area contributed by atoms with E-state index in [0.29, 0.717) is 25.4 Å². The van der Waals surface area contributed by atoms with E-state index < -0.39 is 5.54 Å². The molecule has 0 unspecified atom stereocenters. The molecule has 0 aromatic heterocycles. The number of hydrogen-bond donors (Lipinski definition) is 3. The first-order valence-corrected chi connectivity index (χ1v) is 5.76. The highest BCUT2D eigenvalue weighted by molar-refractivity contribution is 5.85. The minimum Gasteiger partial charge on any atom is -0.355 e. The topological polar surface area (TPSA) is 84.2 Å². The summed E-state index contributed by atoms with van der Waals surface area (Å²) in [5.41, 5.74) is 4.75. The number of carbonyl (C=O) groups excluding carboxylic acids is 2. The number of nitrogens with one attached hydrogen (secondary N) is 2. The van der Waals surface area contributed by atoms with Crippen molar-refractivity contribution in [2.24, 2.45) is 5.73 Å². The van der Waals surface area contributed by atoms with Crippen LogP contribution in [-0.2, 0) is 9.59 Å².